The number of hydrogen-bond donors (Lipinski definition) is 1. The molecule has 1 aromatic rings. The van der Waals surface area contributed by atoms with E-state index in [1.54, 1.807) is 0 Å². The van der Waals surface area contributed by atoms with Gasteiger partial charge in [-0.2, -0.15) is 0 Å². The van der Waals surface area contributed by atoms with Crippen LogP contribution in [0.5, 0.6) is 11.5 Å². The van der Waals surface area contributed by atoms with E-state index in [9.17, 15) is 4.79 Å². The van der Waals surface area contributed by atoms with E-state index < -0.39 is 6.10 Å². The molecule has 1 N–H and O–H groups in total. The van der Waals surface area contributed by atoms with Gasteiger partial charge >= 0.3 is 0 Å². The maximum Gasteiger partial charge on any atom is 0.267 e. The third kappa shape index (κ3) is 3.20. The molecule has 6 heteroatoms. The third-order valence-electron chi connectivity index (χ3n) is 5.42. The highest BCUT2D eigenvalue weighted by Crippen LogP contribution is 2.34. The van der Waals surface area contributed by atoms with E-state index in [1.807, 2.05) is 36.1 Å². The zero-order valence-electron chi connectivity index (χ0n) is 13.9. The minimum atomic E-state index is -0.541. The zero-order chi connectivity index (χ0) is 15.8. The Morgan fingerprint density at radius 1 is 1.08 bits per heavy atom. The molecule has 2 unspecified atom stereocenters. The number of para-hydroxylation sites is 2. The molecule has 3 aliphatic heterocycles. The molecule has 5 nitrogen and oxygen atoms in total. The maximum absolute atomic E-state index is 13.0. The van der Waals surface area contributed by atoms with Crippen molar-refractivity contribution in [3.8, 4) is 11.5 Å². The molecule has 2 saturated heterocycles. The highest BCUT2D eigenvalue weighted by molar-refractivity contribution is 5.85. The summed E-state index contributed by atoms with van der Waals surface area (Å²) < 4.78 is 11.8. The van der Waals surface area contributed by atoms with Crippen LogP contribution in [0.1, 0.15) is 19.8 Å². The van der Waals surface area contributed by atoms with Crippen LogP contribution in [0.15, 0.2) is 24.3 Å². The number of benzene rings is 1. The quantitative estimate of drug-likeness (QED) is 0.841. The third-order valence-corrected chi connectivity index (χ3v) is 5.42. The number of nitrogens with zero attached hydrogens (tertiary/aromatic N) is 1. The summed E-state index contributed by atoms with van der Waals surface area (Å²) in [6, 6.07) is 7.56. The number of rotatable bonds is 1. The Balaban J connectivity index is 0.00000169. The van der Waals surface area contributed by atoms with E-state index in [-0.39, 0.29) is 24.4 Å². The van der Waals surface area contributed by atoms with E-state index >= 15 is 0 Å². The second-order valence-corrected chi connectivity index (χ2v) is 6.89. The van der Waals surface area contributed by atoms with Gasteiger partial charge in [-0.05, 0) is 56.8 Å². The molecule has 0 spiro atoms. The number of hydrogen-bond acceptors (Lipinski definition) is 4. The van der Waals surface area contributed by atoms with Gasteiger partial charge in [0.15, 0.2) is 11.5 Å². The number of carbonyl (C=O) groups excluding carboxylic acids is 1. The smallest absolute Gasteiger partial charge is 0.267 e. The van der Waals surface area contributed by atoms with Gasteiger partial charge in [-0.3, -0.25) is 4.79 Å². The Morgan fingerprint density at radius 2 is 1.67 bits per heavy atom. The van der Waals surface area contributed by atoms with Crippen LogP contribution in [0, 0.1) is 11.8 Å². The molecule has 24 heavy (non-hydrogen) atoms. The predicted molar refractivity (Wildman–Crippen MR) is 93.9 cm³/mol. The van der Waals surface area contributed by atoms with Crippen molar-refractivity contribution in [3.05, 3.63) is 24.3 Å². The van der Waals surface area contributed by atoms with Crippen molar-refractivity contribution in [1.29, 1.82) is 0 Å². The lowest BCUT2D eigenvalue weighted by molar-refractivity contribution is -0.144. The van der Waals surface area contributed by atoms with Gasteiger partial charge in [0.1, 0.15) is 6.10 Å². The van der Waals surface area contributed by atoms with Crippen molar-refractivity contribution >= 4 is 18.3 Å². The topological polar surface area (TPSA) is 50.8 Å². The summed E-state index contributed by atoms with van der Waals surface area (Å²) in [7, 11) is 0. The van der Waals surface area contributed by atoms with Gasteiger partial charge < -0.3 is 19.7 Å². The molecule has 3 heterocycles. The summed E-state index contributed by atoms with van der Waals surface area (Å²) in [6.07, 6.45) is 1.37. The van der Waals surface area contributed by atoms with Gasteiger partial charge in [-0.1, -0.05) is 12.1 Å². The minimum Gasteiger partial charge on any atom is -0.482 e. The molecule has 0 radical (unpaired) electrons. The van der Waals surface area contributed by atoms with Gasteiger partial charge in [0.05, 0.1) is 0 Å². The molecular formula is C18H25ClN2O3. The summed E-state index contributed by atoms with van der Waals surface area (Å²) in [6.45, 7) is 5.76. The van der Waals surface area contributed by atoms with Crippen molar-refractivity contribution in [1.82, 2.24) is 10.2 Å². The first-order valence-corrected chi connectivity index (χ1v) is 8.64. The Bertz CT molecular complexity index is 583. The monoisotopic (exact) mass is 352 g/mol. The van der Waals surface area contributed by atoms with Crippen LogP contribution in [0.3, 0.4) is 0 Å². The number of halogens is 1. The molecule has 132 valence electrons. The van der Waals surface area contributed by atoms with E-state index in [0.29, 0.717) is 5.75 Å². The molecule has 0 saturated carbocycles. The fourth-order valence-corrected chi connectivity index (χ4v) is 4.01. The Kier molecular flexibility index (Phi) is 5.21. The molecule has 4 rings (SSSR count). The van der Waals surface area contributed by atoms with Crippen LogP contribution >= 0.6 is 12.4 Å². The van der Waals surface area contributed by atoms with Gasteiger partial charge in [-0.15, -0.1) is 12.4 Å². The number of ether oxygens (including phenoxy) is 2. The number of fused-ring (bicyclic) bond motifs is 2. The fourth-order valence-electron chi connectivity index (χ4n) is 4.01. The van der Waals surface area contributed by atoms with Gasteiger partial charge in [-0.25, -0.2) is 0 Å². The molecule has 0 bridgehead atoms. The summed E-state index contributed by atoms with van der Waals surface area (Å²) in [5, 5.41) is 3.47. The molecule has 1 aromatic carbocycles. The van der Waals surface area contributed by atoms with Crippen molar-refractivity contribution in [2.24, 2.45) is 11.8 Å². The van der Waals surface area contributed by atoms with Gasteiger partial charge in [0, 0.05) is 13.1 Å². The highest BCUT2D eigenvalue weighted by Gasteiger charge is 2.39. The maximum atomic E-state index is 13.0. The first-order chi connectivity index (χ1) is 11.2. The van der Waals surface area contributed by atoms with Crippen LogP contribution in [0.2, 0.25) is 0 Å². The average Bonchev–Trinajstić information content (AvgIpc) is 2.92. The molecule has 0 aliphatic carbocycles. The number of carbonyl (C=O) groups is 1. The molecule has 2 fully saturated rings. The number of likely N-dealkylation sites (tertiary alicyclic amines) is 1. The van der Waals surface area contributed by atoms with Crippen molar-refractivity contribution in [2.45, 2.75) is 32.0 Å². The number of amides is 1. The Morgan fingerprint density at radius 3 is 2.29 bits per heavy atom. The fraction of sp³-hybridized carbons (Fsp3) is 0.611. The van der Waals surface area contributed by atoms with Crippen molar-refractivity contribution in [3.63, 3.8) is 0 Å². The highest BCUT2D eigenvalue weighted by atomic mass is 35.5. The van der Waals surface area contributed by atoms with Crippen LogP contribution in [-0.2, 0) is 4.79 Å². The molecule has 3 aliphatic rings. The largest absolute Gasteiger partial charge is 0.482 e. The van der Waals surface area contributed by atoms with Crippen LogP contribution in [0.25, 0.3) is 0 Å². The SMILES string of the molecule is CC1Oc2ccccc2OC1C(=O)N1CC[C@@H]2CNC[C@@H]2CC1.Cl. The first kappa shape index (κ1) is 17.4. The van der Waals surface area contributed by atoms with E-state index in [0.717, 1.165) is 56.6 Å². The average molecular weight is 353 g/mol. The molecular weight excluding hydrogens is 328 g/mol. The van der Waals surface area contributed by atoms with Gasteiger partial charge in [0.2, 0.25) is 6.10 Å². The Hall–Kier alpha value is -1.46. The first-order valence-electron chi connectivity index (χ1n) is 8.64. The summed E-state index contributed by atoms with van der Waals surface area (Å²) >= 11 is 0. The van der Waals surface area contributed by atoms with Crippen LogP contribution < -0.4 is 14.8 Å². The molecule has 1 amide bonds. The summed E-state index contributed by atoms with van der Waals surface area (Å²) in [5.41, 5.74) is 0. The molecule has 4 atom stereocenters. The van der Waals surface area contributed by atoms with Crippen LogP contribution in [0.4, 0.5) is 0 Å². The summed E-state index contributed by atoms with van der Waals surface area (Å²) in [5.74, 6) is 2.89. The summed E-state index contributed by atoms with van der Waals surface area (Å²) in [4.78, 5) is 14.9. The normalized spacial score (nSPS) is 31.6. The van der Waals surface area contributed by atoms with E-state index in [1.165, 1.54) is 0 Å². The standard InChI is InChI=1S/C18H24N2O3.ClH/c1-12-17(23-16-5-3-2-4-15(16)22-12)18(21)20-8-6-13-10-19-11-14(13)7-9-20;/h2-5,12-14,17,19H,6-11H2,1H3;1H/t12?,13-,14+,17?;. The predicted octanol–water partition coefficient (Wildman–Crippen LogP) is 2.09. The lowest BCUT2D eigenvalue weighted by Crippen LogP contribution is -2.51. The molecule has 0 aromatic heterocycles. The van der Waals surface area contributed by atoms with E-state index in [4.69, 9.17) is 9.47 Å². The lowest BCUT2D eigenvalue weighted by Gasteiger charge is -2.34. The minimum absolute atomic E-state index is 0. The zero-order valence-corrected chi connectivity index (χ0v) is 14.8. The Labute approximate surface area is 149 Å². The van der Waals surface area contributed by atoms with Crippen LogP contribution in [-0.4, -0.2) is 49.2 Å². The second-order valence-electron chi connectivity index (χ2n) is 6.89. The lowest BCUT2D eigenvalue weighted by atomic mass is 9.92. The van der Waals surface area contributed by atoms with Crippen molar-refractivity contribution < 1.29 is 14.3 Å². The van der Waals surface area contributed by atoms with E-state index in [2.05, 4.69) is 5.32 Å². The second kappa shape index (κ2) is 7.19. The number of nitrogens with one attached hydrogen (secondary N) is 1. The van der Waals surface area contributed by atoms with Gasteiger partial charge in [0.25, 0.3) is 5.91 Å². The van der Waals surface area contributed by atoms with Crippen molar-refractivity contribution in [2.75, 3.05) is 26.2 Å².